The van der Waals surface area contributed by atoms with E-state index < -0.39 is 0 Å². The number of piperidine rings is 1. The molecule has 0 bridgehead atoms. The average Bonchev–Trinajstić information content (AvgIpc) is 3.06. The third-order valence-corrected chi connectivity index (χ3v) is 4.46. The van der Waals surface area contributed by atoms with Crippen molar-refractivity contribution in [1.29, 1.82) is 0 Å². The van der Waals surface area contributed by atoms with Gasteiger partial charge in [0.05, 0.1) is 5.92 Å². The smallest absolute Gasteiger partial charge is 0.231 e. The summed E-state index contributed by atoms with van der Waals surface area (Å²) < 4.78 is 15.2. The van der Waals surface area contributed by atoms with Gasteiger partial charge in [-0.1, -0.05) is 12.1 Å². The van der Waals surface area contributed by atoms with Gasteiger partial charge in [-0.05, 0) is 43.2 Å². The molecule has 1 unspecified atom stereocenters. The molecule has 1 aliphatic heterocycles. The maximum Gasteiger partial charge on any atom is 0.231 e. The number of benzene rings is 1. The number of carbonyl (C=O) groups is 1. The van der Waals surface area contributed by atoms with E-state index in [9.17, 15) is 9.18 Å². The standard InChI is InChI=1S/C18H18FN5O/c19-14-6-3-7-15(11-14)20-17(25)13-5-4-9-23(12-13)18-22-21-16-8-1-2-10-24(16)18/h1-3,6-8,10-11,13H,4-5,9,12H2,(H,20,25). The minimum absolute atomic E-state index is 0.0934. The molecule has 2 aromatic heterocycles. The van der Waals surface area contributed by atoms with Crippen molar-refractivity contribution >= 4 is 23.2 Å². The summed E-state index contributed by atoms with van der Waals surface area (Å²) in [5, 5.41) is 11.2. The van der Waals surface area contributed by atoms with Crippen molar-refractivity contribution in [3.8, 4) is 0 Å². The van der Waals surface area contributed by atoms with E-state index in [1.165, 1.54) is 12.1 Å². The van der Waals surface area contributed by atoms with E-state index in [2.05, 4.69) is 20.4 Å². The Kier molecular flexibility index (Phi) is 4.05. The number of anilines is 2. The lowest BCUT2D eigenvalue weighted by molar-refractivity contribution is -0.120. The molecular formula is C18H18FN5O. The first-order valence-electron chi connectivity index (χ1n) is 8.32. The minimum Gasteiger partial charge on any atom is -0.340 e. The van der Waals surface area contributed by atoms with Crippen molar-refractivity contribution in [2.45, 2.75) is 12.8 Å². The number of nitrogens with zero attached hydrogens (tertiary/aromatic N) is 4. The second kappa shape index (κ2) is 6.51. The molecule has 1 atom stereocenters. The lowest BCUT2D eigenvalue weighted by Crippen LogP contribution is -2.41. The summed E-state index contributed by atoms with van der Waals surface area (Å²) in [5.74, 6) is 0.119. The fourth-order valence-electron chi connectivity index (χ4n) is 3.23. The number of carbonyl (C=O) groups excluding carboxylic acids is 1. The van der Waals surface area contributed by atoms with E-state index in [4.69, 9.17) is 0 Å². The lowest BCUT2D eigenvalue weighted by atomic mass is 9.97. The van der Waals surface area contributed by atoms with Crippen LogP contribution in [0.3, 0.4) is 0 Å². The summed E-state index contributed by atoms with van der Waals surface area (Å²) in [7, 11) is 0. The average molecular weight is 339 g/mol. The van der Waals surface area contributed by atoms with Gasteiger partial charge in [-0.3, -0.25) is 9.20 Å². The van der Waals surface area contributed by atoms with Gasteiger partial charge in [-0.2, -0.15) is 0 Å². The fraction of sp³-hybridized carbons (Fsp3) is 0.278. The van der Waals surface area contributed by atoms with Gasteiger partial charge in [0.25, 0.3) is 0 Å². The Labute approximate surface area is 144 Å². The summed E-state index contributed by atoms with van der Waals surface area (Å²) in [6.07, 6.45) is 3.61. The molecule has 3 heterocycles. The van der Waals surface area contributed by atoms with Crippen LogP contribution in [0, 0.1) is 11.7 Å². The first-order valence-corrected chi connectivity index (χ1v) is 8.32. The van der Waals surface area contributed by atoms with Gasteiger partial charge in [0.15, 0.2) is 5.65 Å². The highest BCUT2D eigenvalue weighted by Gasteiger charge is 2.28. The van der Waals surface area contributed by atoms with Crippen LogP contribution in [0.15, 0.2) is 48.7 Å². The molecule has 25 heavy (non-hydrogen) atoms. The molecule has 0 radical (unpaired) electrons. The molecule has 6 nitrogen and oxygen atoms in total. The lowest BCUT2D eigenvalue weighted by Gasteiger charge is -2.31. The summed E-state index contributed by atoms with van der Waals surface area (Å²) >= 11 is 0. The predicted octanol–water partition coefficient (Wildman–Crippen LogP) is 2.72. The highest BCUT2D eigenvalue weighted by atomic mass is 19.1. The highest BCUT2D eigenvalue weighted by molar-refractivity contribution is 5.93. The van der Waals surface area contributed by atoms with Crippen molar-refractivity contribution in [3.63, 3.8) is 0 Å². The monoisotopic (exact) mass is 339 g/mol. The largest absolute Gasteiger partial charge is 0.340 e. The van der Waals surface area contributed by atoms with Crippen LogP contribution < -0.4 is 10.2 Å². The number of pyridine rings is 1. The maximum atomic E-state index is 13.3. The number of hydrogen-bond acceptors (Lipinski definition) is 4. The Morgan fingerprint density at radius 3 is 3.00 bits per heavy atom. The first-order chi connectivity index (χ1) is 12.2. The number of nitrogens with one attached hydrogen (secondary N) is 1. The number of halogens is 1. The normalized spacial score (nSPS) is 17.6. The molecule has 7 heteroatoms. The summed E-state index contributed by atoms with van der Waals surface area (Å²) in [6.45, 7) is 1.40. The molecule has 1 saturated heterocycles. The number of hydrogen-bond donors (Lipinski definition) is 1. The van der Waals surface area contributed by atoms with Crippen LogP contribution in [-0.4, -0.2) is 33.6 Å². The zero-order chi connectivity index (χ0) is 17.2. The van der Waals surface area contributed by atoms with E-state index in [-0.39, 0.29) is 17.6 Å². The van der Waals surface area contributed by atoms with Crippen molar-refractivity contribution in [3.05, 3.63) is 54.5 Å². The Bertz CT molecular complexity index is 909. The van der Waals surface area contributed by atoms with Crippen LogP contribution in [0.4, 0.5) is 16.0 Å². The van der Waals surface area contributed by atoms with Gasteiger partial charge in [0.1, 0.15) is 5.82 Å². The molecule has 0 saturated carbocycles. The van der Waals surface area contributed by atoms with Gasteiger partial charge in [-0.15, -0.1) is 10.2 Å². The van der Waals surface area contributed by atoms with Gasteiger partial charge in [0.2, 0.25) is 11.9 Å². The maximum absolute atomic E-state index is 13.3. The fourth-order valence-corrected chi connectivity index (χ4v) is 3.23. The molecule has 1 N–H and O–H groups in total. The molecule has 3 aromatic rings. The molecule has 128 valence electrons. The molecule has 1 fully saturated rings. The minimum atomic E-state index is -0.363. The van der Waals surface area contributed by atoms with Crippen LogP contribution in [0.1, 0.15) is 12.8 Å². The SMILES string of the molecule is O=C(Nc1cccc(F)c1)C1CCCN(c2nnc3ccccn23)C1. The highest BCUT2D eigenvalue weighted by Crippen LogP contribution is 2.23. The van der Waals surface area contributed by atoms with Crippen LogP contribution in [0.5, 0.6) is 0 Å². The van der Waals surface area contributed by atoms with Crippen LogP contribution >= 0.6 is 0 Å². The number of rotatable bonds is 3. The molecule has 0 spiro atoms. The third-order valence-electron chi connectivity index (χ3n) is 4.46. The van der Waals surface area contributed by atoms with E-state index in [0.29, 0.717) is 12.2 Å². The summed E-state index contributed by atoms with van der Waals surface area (Å²) in [5.41, 5.74) is 1.26. The molecule has 1 aliphatic rings. The molecule has 1 aromatic carbocycles. The molecular weight excluding hydrogens is 321 g/mol. The Morgan fingerprint density at radius 1 is 1.20 bits per heavy atom. The summed E-state index contributed by atoms with van der Waals surface area (Å²) in [6, 6.07) is 11.7. The van der Waals surface area contributed by atoms with Crippen molar-refractivity contribution in [2.24, 2.45) is 5.92 Å². The Morgan fingerprint density at radius 2 is 2.12 bits per heavy atom. The van der Waals surface area contributed by atoms with Crippen molar-refractivity contribution < 1.29 is 9.18 Å². The predicted molar refractivity (Wildman–Crippen MR) is 93.0 cm³/mol. The number of aromatic nitrogens is 3. The van der Waals surface area contributed by atoms with E-state index in [1.807, 2.05) is 28.8 Å². The van der Waals surface area contributed by atoms with Crippen LogP contribution in [0.2, 0.25) is 0 Å². The van der Waals surface area contributed by atoms with Gasteiger partial charge >= 0.3 is 0 Å². The second-order valence-corrected chi connectivity index (χ2v) is 6.21. The third kappa shape index (κ3) is 3.17. The molecule has 0 aliphatic carbocycles. The van der Waals surface area contributed by atoms with Gasteiger partial charge in [-0.25, -0.2) is 4.39 Å². The summed E-state index contributed by atoms with van der Waals surface area (Å²) in [4.78, 5) is 14.6. The van der Waals surface area contributed by atoms with E-state index in [1.54, 1.807) is 12.1 Å². The quantitative estimate of drug-likeness (QED) is 0.797. The van der Waals surface area contributed by atoms with Crippen LogP contribution in [0.25, 0.3) is 5.65 Å². The topological polar surface area (TPSA) is 62.5 Å². The zero-order valence-corrected chi connectivity index (χ0v) is 13.6. The van der Waals surface area contributed by atoms with Gasteiger partial charge < -0.3 is 10.2 Å². The number of amides is 1. The van der Waals surface area contributed by atoms with E-state index >= 15 is 0 Å². The first kappa shape index (κ1) is 15.6. The molecule has 1 amide bonds. The van der Waals surface area contributed by atoms with E-state index in [0.717, 1.165) is 31.0 Å². The Hall–Kier alpha value is -2.96. The Balaban J connectivity index is 1.50. The number of fused-ring (bicyclic) bond motifs is 1. The van der Waals surface area contributed by atoms with Crippen molar-refractivity contribution in [1.82, 2.24) is 14.6 Å². The zero-order valence-electron chi connectivity index (χ0n) is 13.6. The van der Waals surface area contributed by atoms with Gasteiger partial charge in [0, 0.05) is 25.0 Å². The van der Waals surface area contributed by atoms with Crippen molar-refractivity contribution in [2.75, 3.05) is 23.3 Å². The second-order valence-electron chi connectivity index (χ2n) is 6.21. The molecule has 4 rings (SSSR count). The van der Waals surface area contributed by atoms with Crippen LogP contribution in [-0.2, 0) is 4.79 Å².